The number of aromatic nitrogens is 1. The van der Waals surface area contributed by atoms with E-state index in [1.54, 1.807) is 12.1 Å². The second kappa shape index (κ2) is 6.44. The van der Waals surface area contributed by atoms with Crippen molar-refractivity contribution in [1.29, 1.82) is 0 Å². The van der Waals surface area contributed by atoms with E-state index >= 15 is 0 Å². The number of aryl methyl sites for hydroxylation is 1. The first kappa shape index (κ1) is 17.1. The summed E-state index contributed by atoms with van der Waals surface area (Å²) in [6, 6.07) is 17.1. The molecule has 0 radical (unpaired) electrons. The molecule has 0 spiro atoms. The summed E-state index contributed by atoms with van der Waals surface area (Å²) in [6.07, 6.45) is 3.14. The molecule has 0 aliphatic carbocycles. The highest BCUT2D eigenvalue weighted by Crippen LogP contribution is 2.40. The molecular weight excluding hydrogens is 342 g/mol. The lowest BCUT2D eigenvalue weighted by molar-refractivity contribution is 0.534. The predicted octanol–water partition coefficient (Wildman–Crippen LogP) is 4.94. The van der Waals surface area contributed by atoms with Gasteiger partial charge >= 0.3 is 0 Å². The Morgan fingerprint density at radius 3 is 2.27 bits per heavy atom. The van der Waals surface area contributed by atoms with Crippen molar-refractivity contribution in [3.05, 3.63) is 71.4 Å². The Labute approximate surface area is 155 Å². The van der Waals surface area contributed by atoms with E-state index in [4.69, 9.17) is 0 Å². The number of fused-ring (bicyclic) bond motifs is 1. The van der Waals surface area contributed by atoms with Crippen molar-refractivity contribution in [2.24, 2.45) is 0 Å². The molecular formula is C22H23NO2S. The van der Waals surface area contributed by atoms with E-state index in [0.717, 1.165) is 48.2 Å². The van der Waals surface area contributed by atoms with Gasteiger partial charge in [0, 0.05) is 12.2 Å². The van der Waals surface area contributed by atoms with Crippen molar-refractivity contribution >= 4 is 9.84 Å². The summed E-state index contributed by atoms with van der Waals surface area (Å²) in [4.78, 5) is 0.843. The van der Waals surface area contributed by atoms with Crippen molar-refractivity contribution in [1.82, 2.24) is 4.57 Å². The van der Waals surface area contributed by atoms with E-state index in [-0.39, 0.29) is 0 Å². The van der Waals surface area contributed by atoms with E-state index in [0.29, 0.717) is 9.79 Å². The molecule has 0 saturated heterocycles. The Kier molecular flexibility index (Phi) is 4.23. The highest BCUT2D eigenvalue weighted by Gasteiger charge is 2.31. The average Bonchev–Trinajstić information content (AvgIpc) is 2.96. The highest BCUT2D eigenvalue weighted by atomic mass is 32.2. The maximum Gasteiger partial charge on any atom is 0.209 e. The van der Waals surface area contributed by atoms with E-state index in [9.17, 15) is 8.42 Å². The SMILES string of the molecule is Cc1ccc(S(=O)(=O)c2c(C)c3n(c2-c2ccccc2)CCCC3)cc1. The van der Waals surface area contributed by atoms with Crippen LogP contribution in [0.4, 0.5) is 0 Å². The second-order valence-corrected chi connectivity index (χ2v) is 8.93. The van der Waals surface area contributed by atoms with Gasteiger partial charge in [-0.15, -0.1) is 0 Å². The number of nitrogens with zero attached hydrogens (tertiary/aromatic N) is 1. The molecule has 2 heterocycles. The molecule has 0 atom stereocenters. The molecule has 1 aromatic heterocycles. The topological polar surface area (TPSA) is 39.1 Å². The van der Waals surface area contributed by atoms with Crippen LogP contribution in [0.25, 0.3) is 11.3 Å². The minimum absolute atomic E-state index is 0.367. The van der Waals surface area contributed by atoms with E-state index in [1.807, 2.05) is 56.3 Å². The summed E-state index contributed by atoms with van der Waals surface area (Å²) >= 11 is 0. The van der Waals surface area contributed by atoms with Gasteiger partial charge in [0.1, 0.15) is 4.90 Å². The fourth-order valence-electron chi connectivity index (χ4n) is 3.95. The van der Waals surface area contributed by atoms with Gasteiger partial charge in [-0.25, -0.2) is 8.42 Å². The minimum atomic E-state index is -3.58. The molecule has 0 unspecified atom stereocenters. The lowest BCUT2D eigenvalue weighted by Crippen LogP contribution is -2.11. The normalized spacial score (nSPS) is 14.2. The van der Waals surface area contributed by atoms with Gasteiger partial charge in [0.05, 0.1) is 10.6 Å². The van der Waals surface area contributed by atoms with Gasteiger partial charge in [0.15, 0.2) is 0 Å². The maximum atomic E-state index is 13.6. The third-order valence-electron chi connectivity index (χ3n) is 5.28. The minimum Gasteiger partial charge on any atom is -0.343 e. The van der Waals surface area contributed by atoms with Crippen LogP contribution >= 0.6 is 0 Å². The fraction of sp³-hybridized carbons (Fsp3) is 0.273. The molecule has 4 heteroatoms. The molecule has 3 aromatic rings. The zero-order valence-electron chi connectivity index (χ0n) is 15.2. The molecule has 0 saturated carbocycles. The molecule has 4 rings (SSSR count). The highest BCUT2D eigenvalue weighted by molar-refractivity contribution is 7.91. The van der Waals surface area contributed by atoms with Crippen LogP contribution < -0.4 is 0 Å². The Balaban J connectivity index is 2.02. The summed E-state index contributed by atoms with van der Waals surface area (Å²) in [7, 11) is -3.58. The third kappa shape index (κ3) is 2.69. The zero-order chi connectivity index (χ0) is 18.3. The van der Waals surface area contributed by atoms with Crippen molar-refractivity contribution in [3.8, 4) is 11.3 Å². The van der Waals surface area contributed by atoms with Gasteiger partial charge < -0.3 is 4.57 Å². The van der Waals surface area contributed by atoms with Crippen LogP contribution in [0, 0.1) is 13.8 Å². The largest absolute Gasteiger partial charge is 0.343 e. The molecule has 0 bridgehead atoms. The first-order chi connectivity index (χ1) is 12.5. The first-order valence-electron chi connectivity index (χ1n) is 9.09. The Bertz CT molecular complexity index is 1050. The number of hydrogen-bond acceptors (Lipinski definition) is 2. The maximum absolute atomic E-state index is 13.6. The third-order valence-corrected chi connectivity index (χ3v) is 7.21. The average molecular weight is 365 g/mol. The van der Waals surface area contributed by atoms with E-state index < -0.39 is 9.84 Å². The predicted molar refractivity (Wildman–Crippen MR) is 104 cm³/mol. The Hall–Kier alpha value is -2.33. The van der Waals surface area contributed by atoms with Crippen LogP contribution in [-0.2, 0) is 22.8 Å². The molecule has 3 nitrogen and oxygen atoms in total. The number of benzene rings is 2. The molecule has 1 aliphatic heterocycles. The second-order valence-electron chi connectivity index (χ2n) is 7.04. The summed E-state index contributed by atoms with van der Waals surface area (Å²) in [6.45, 7) is 4.81. The fourth-order valence-corrected chi connectivity index (χ4v) is 5.68. The Morgan fingerprint density at radius 2 is 1.58 bits per heavy atom. The standard InChI is InChI=1S/C22H23NO2S/c1-16-11-13-19(14-12-16)26(24,25)22-17(2)20-10-6-7-15-23(20)21(22)18-8-4-3-5-9-18/h3-5,8-9,11-14H,6-7,10,15H2,1-2H3. The number of hydrogen-bond donors (Lipinski definition) is 0. The summed E-state index contributed by atoms with van der Waals surface area (Å²) in [5.74, 6) is 0. The molecule has 2 aromatic carbocycles. The molecule has 0 fully saturated rings. The van der Waals surface area contributed by atoms with Crippen LogP contribution in [0.2, 0.25) is 0 Å². The van der Waals surface area contributed by atoms with Gasteiger partial charge in [-0.2, -0.15) is 0 Å². The summed E-state index contributed by atoms with van der Waals surface area (Å²) in [5.41, 5.74) is 4.94. The van der Waals surface area contributed by atoms with Crippen LogP contribution in [0.1, 0.15) is 29.7 Å². The summed E-state index contributed by atoms with van der Waals surface area (Å²) < 4.78 is 29.4. The smallest absolute Gasteiger partial charge is 0.209 e. The number of rotatable bonds is 3. The van der Waals surface area contributed by atoms with Crippen molar-refractivity contribution < 1.29 is 8.42 Å². The zero-order valence-corrected chi connectivity index (χ0v) is 16.0. The molecule has 26 heavy (non-hydrogen) atoms. The molecule has 1 aliphatic rings. The van der Waals surface area contributed by atoms with Crippen molar-refractivity contribution in [3.63, 3.8) is 0 Å². The molecule has 0 amide bonds. The monoisotopic (exact) mass is 365 g/mol. The van der Waals surface area contributed by atoms with Crippen LogP contribution in [0.3, 0.4) is 0 Å². The van der Waals surface area contributed by atoms with Crippen molar-refractivity contribution in [2.45, 2.75) is 49.4 Å². The van der Waals surface area contributed by atoms with E-state index in [1.165, 1.54) is 5.69 Å². The van der Waals surface area contributed by atoms with Crippen molar-refractivity contribution in [2.75, 3.05) is 0 Å². The molecule has 0 N–H and O–H groups in total. The van der Waals surface area contributed by atoms with Crippen LogP contribution in [0.15, 0.2) is 64.4 Å². The van der Waals surface area contributed by atoms with Gasteiger partial charge in [-0.1, -0.05) is 48.0 Å². The van der Waals surface area contributed by atoms with Crippen LogP contribution in [-0.4, -0.2) is 13.0 Å². The lowest BCUT2D eigenvalue weighted by Gasteiger charge is -2.18. The Morgan fingerprint density at radius 1 is 0.885 bits per heavy atom. The lowest BCUT2D eigenvalue weighted by atomic mass is 10.1. The van der Waals surface area contributed by atoms with Gasteiger partial charge in [0.25, 0.3) is 0 Å². The first-order valence-corrected chi connectivity index (χ1v) is 10.6. The summed E-state index contributed by atoms with van der Waals surface area (Å²) in [5, 5.41) is 0. The number of sulfone groups is 1. The van der Waals surface area contributed by atoms with Gasteiger partial charge in [-0.05, 0) is 56.4 Å². The van der Waals surface area contributed by atoms with Gasteiger partial charge in [-0.3, -0.25) is 0 Å². The quantitative estimate of drug-likeness (QED) is 0.659. The van der Waals surface area contributed by atoms with Gasteiger partial charge in [0.2, 0.25) is 9.84 Å². The van der Waals surface area contributed by atoms with Crippen LogP contribution in [0.5, 0.6) is 0 Å². The molecule has 134 valence electrons. The van der Waals surface area contributed by atoms with E-state index in [2.05, 4.69) is 4.57 Å².